The van der Waals surface area contributed by atoms with Gasteiger partial charge in [-0.25, -0.2) is 5.48 Å². The smallest absolute Gasteiger partial charge is 0.266 e. The van der Waals surface area contributed by atoms with E-state index in [0.29, 0.717) is 5.56 Å². The lowest BCUT2D eigenvalue weighted by Gasteiger charge is -2.22. The van der Waals surface area contributed by atoms with E-state index in [1.807, 2.05) is 12.1 Å². The molecular weight excluding hydrogens is 392 g/mol. The number of hydrogen-bond acceptors (Lipinski definition) is 4. The Bertz CT molecular complexity index is 958. The minimum Gasteiger partial charge on any atom is -0.391 e. The predicted octanol–water partition coefficient (Wildman–Crippen LogP) is 2.90. The molecule has 2 atom stereocenters. The van der Waals surface area contributed by atoms with E-state index in [9.17, 15) is 14.7 Å². The Morgan fingerprint density at radius 2 is 1.65 bits per heavy atom. The van der Waals surface area contributed by atoms with Gasteiger partial charge in [0.1, 0.15) is 6.04 Å². The number of β-amino-alcohol motifs (C(OH)–C–C–N with tert-alkyl or cyclic N) is 1. The number of carbonyl (C=O) groups excluding carboxylic acids is 2. The Labute approximate surface area is 182 Å². The number of amides is 2. The van der Waals surface area contributed by atoms with Crippen molar-refractivity contribution in [2.24, 2.45) is 0 Å². The number of rotatable bonds is 6. The Morgan fingerprint density at radius 3 is 2.23 bits per heavy atom. The number of benzene rings is 2. The molecule has 1 aliphatic rings. The number of aliphatic hydroxyl groups is 1. The molecule has 0 spiro atoms. The molecule has 6 heteroatoms. The van der Waals surface area contributed by atoms with Gasteiger partial charge in [0.2, 0.25) is 0 Å². The average molecular weight is 421 g/mol. The summed E-state index contributed by atoms with van der Waals surface area (Å²) in [7, 11) is 0. The average Bonchev–Trinajstić information content (AvgIpc) is 3.19. The molecule has 0 aromatic heterocycles. The molecule has 0 radical (unpaired) electrons. The van der Waals surface area contributed by atoms with Crippen molar-refractivity contribution in [2.75, 3.05) is 6.54 Å². The summed E-state index contributed by atoms with van der Waals surface area (Å²) in [6, 6.07) is 14.2. The highest BCUT2D eigenvalue weighted by molar-refractivity contribution is 5.98. The molecule has 2 aromatic carbocycles. The third-order valence-electron chi connectivity index (χ3n) is 5.46. The van der Waals surface area contributed by atoms with Crippen LogP contribution in [-0.2, 0) is 11.2 Å². The molecular formula is C25H28N2O4. The number of nitrogens with one attached hydrogen (secondary N) is 1. The summed E-state index contributed by atoms with van der Waals surface area (Å²) < 4.78 is 0. The molecule has 2 aromatic rings. The van der Waals surface area contributed by atoms with Crippen LogP contribution in [0.2, 0.25) is 0 Å². The molecule has 1 aliphatic heterocycles. The first kappa shape index (κ1) is 22.5. The van der Waals surface area contributed by atoms with Crippen molar-refractivity contribution in [3.8, 4) is 11.8 Å². The molecule has 6 nitrogen and oxygen atoms in total. The predicted molar refractivity (Wildman–Crippen MR) is 117 cm³/mol. The van der Waals surface area contributed by atoms with Gasteiger partial charge >= 0.3 is 0 Å². The molecule has 0 unspecified atom stereocenters. The van der Waals surface area contributed by atoms with Gasteiger partial charge in [0.15, 0.2) is 0 Å². The van der Waals surface area contributed by atoms with Gasteiger partial charge in [-0.3, -0.25) is 14.8 Å². The van der Waals surface area contributed by atoms with Crippen LogP contribution in [0.3, 0.4) is 0 Å². The van der Waals surface area contributed by atoms with Crippen molar-refractivity contribution in [3.05, 3.63) is 70.8 Å². The van der Waals surface area contributed by atoms with Crippen LogP contribution >= 0.6 is 0 Å². The number of likely N-dealkylation sites (tertiary alicyclic amines) is 1. The number of carbonyl (C=O) groups is 2. The first-order valence-corrected chi connectivity index (χ1v) is 10.7. The van der Waals surface area contributed by atoms with E-state index in [1.165, 1.54) is 29.7 Å². The second-order valence-electron chi connectivity index (χ2n) is 7.82. The van der Waals surface area contributed by atoms with Crippen molar-refractivity contribution in [3.63, 3.8) is 0 Å². The minimum absolute atomic E-state index is 0.0485. The molecule has 3 N–H and O–H groups in total. The van der Waals surface area contributed by atoms with E-state index >= 15 is 0 Å². The van der Waals surface area contributed by atoms with E-state index in [2.05, 4.69) is 30.9 Å². The summed E-state index contributed by atoms with van der Waals surface area (Å²) in [5.74, 6) is 5.16. The van der Waals surface area contributed by atoms with Crippen molar-refractivity contribution >= 4 is 11.8 Å². The maximum Gasteiger partial charge on any atom is 0.266 e. The standard InChI is InChI=1S/C25H28N2O4/c1-2-3-4-5-18-6-8-19(9-7-18)10-11-20-12-14-21(15-13-20)25(30)27-17-22(28)16-23(27)24(29)26-31/h6-9,12-15,22-23,28,31H,2-5,16-17H2,1H3,(H,26,29)/t22-,23-/m0/s1. The van der Waals surface area contributed by atoms with Crippen molar-refractivity contribution in [1.29, 1.82) is 0 Å². The number of unbranched alkanes of at least 4 members (excludes halogenated alkanes) is 2. The van der Waals surface area contributed by atoms with Crippen LogP contribution in [0.4, 0.5) is 0 Å². The van der Waals surface area contributed by atoms with Gasteiger partial charge in [-0.15, -0.1) is 0 Å². The molecule has 162 valence electrons. The highest BCUT2D eigenvalue weighted by Crippen LogP contribution is 2.21. The van der Waals surface area contributed by atoms with Gasteiger partial charge in [-0.2, -0.15) is 0 Å². The van der Waals surface area contributed by atoms with Gasteiger partial charge in [-0.1, -0.05) is 43.7 Å². The number of aryl methyl sites for hydroxylation is 1. The molecule has 0 bridgehead atoms. The lowest BCUT2D eigenvalue weighted by molar-refractivity contribution is -0.133. The monoisotopic (exact) mass is 420 g/mol. The van der Waals surface area contributed by atoms with Crippen molar-refractivity contribution in [2.45, 2.75) is 51.2 Å². The summed E-state index contributed by atoms with van der Waals surface area (Å²) >= 11 is 0. The fourth-order valence-electron chi connectivity index (χ4n) is 3.70. The lowest BCUT2D eigenvalue weighted by Crippen LogP contribution is -2.45. The second kappa shape index (κ2) is 10.8. The van der Waals surface area contributed by atoms with Gasteiger partial charge in [0.05, 0.1) is 6.10 Å². The van der Waals surface area contributed by atoms with Crippen LogP contribution in [0.25, 0.3) is 0 Å². The normalized spacial score (nSPS) is 17.7. The molecule has 0 aliphatic carbocycles. The van der Waals surface area contributed by atoms with Gasteiger partial charge < -0.3 is 10.0 Å². The molecule has 0 saturated carbocycles. The molecule has 3 rings (SSSR count). The van der Waals surface area contributed by atoms with E-state index in [-0.39, 0.29) is 18.9 Å². The van der Waals surface area contributed by atoms with Crippen molar-refractivity contribution < 1.29 is 19.9 Å². The number of aliphatic hydroxyl groups excluding tert-OH is 1. The van der Waals surface area contributed by atoms with E-state index in [4.69, 9.17) is 5.21 Å². The van der Waals surface area contributed by atoms with Crippen LogP contribution in [0.1, 0.15) is 59.7 Å². The Kier molecular flexibility index (Phi) is 7.82. The molecule has 2 amide bonds. The van der Waals surface area contributed by atoms with E-state index < -0.39 is 18.1 Å². The maximum absolute atomic E-state index is 12.8. The summed E-state index contributed by atoms with van der Waals surface area (Å²) in [6.45, 7) is 2.25. The Balaban J connectivity index is 1.64. The topological polar surface area (TPSA) is 89.9 Å². The Hall–Kier alpha value is -3.14. The minimum atomic E-state index is -0.892. The SMILES string of the molecule is CCCCCc1ccc(C#Cc2ccc(C(=O)N3C[C@@H](O)C[C@H]3C(=O)NO)cc2)cc1. The maximum atomic E-state index is 12.8. The lowest BCUT2D eigenvalue weighted by atomic mass is 10.1. The highest BCUT2D eigenvalue weighted by Gasteiger charge is 2.39. The summed E-state index contributed by atoms with van der Waals surface area (Å²) in [5, 5.41) is 18.7. The van der Waals surface area contributed by atoms with Crippen LogP contribution in [0.15, 0.2) is 48.5 Å². The van der Waals surface area contributed by atoms with E-state index in [1.54, 1.807) is 29.7 Å². The molecule has 1 saturated heterocycles. The highest BCUT2D eigenvalue weighted by atomic mass is 16.5. The zero-order valence-corrected chi connectivity index (χ0v) is 17.7. The first-order chi connectivity index (χ1) is 15.0. The Morgan fingerprint density at radius 1 is 1.03 bits per heavy atom. The molecule has 31 heavy (non-hydrogen) atoms. The fraction of sp³-hybridized carbons (Fsp3) is 0.360. The second-order valence-corrected chi connectivity index (χ2v) is 7.82. The van der Waals surface area contributed by atoms with Crippen LogP contribution in [-0.4, -0.2) is 45.7 Å². The summed E-state index contributed by atoms with van der Waals surface area (Å²) in [4.78, 5) is 25.8. The van der Waals surface area contributed by atoms with Gasteiger partial charge in [-0.05, 0) is 54.8 Å². The third-order valence-corrected chi connectivity index (χ3v) is 5.46. The zero-order valence-electron chi connectivity index (χ0n) is 17.7. The molecule has 1 heterocycles. The quantitative estimate of drug-likeness (QED) is 0.290. The van der Waals surface area contributed by atoms with Gasteiger partial charge in [0.25, 0.3) is 11.8 Å². The van der Waals surface area contributed by atoms with Crippen molar-refractivity contribution in [1.82, 2.24) is 10.4 Å². The number of nitrogens with zero attached hydrogens (tertiary/aromatic N) is 1. The van der Waals surface area contributed by atoms with E-state index in [0.717, 1.165) is 17.5 Å². The summed E-state index contributed by atoms with van der Waals surface area (Å²) in [6.07, 6.45) is 4.05. The van der Waals surface area contributed by atoms with Gasteiger partial charge in [0, 0.05) is 29.7 Å². The first-order valence-electron chi connectivity index (χ1n) is 10.7. The zero-order chi connectivity index (χ0) is 22.2. The third kappa shape index (κ3) is 5.94. The van der Waals surface area contributed by atoms with Crippen LogP contribution < -0.4 is 5.48 Å². The summed E-state index contributed by atoms with van der Waals surface area (Å²) in [5.41, 5.74) is 4.98. The number of hydroxylamine groups is 1. The molecule has 1 fully saturated rings. The van der Waals surface area contributed by atoms with Crippen LogP contribution in [0, 0.1) is 11.8 Å². The number of hydrogen-bond donors (Lipinski definition) is 3. The largest absolute Gasteiger partial charge is 0.391 e. The fourth-order valence-corrected chi connectivity index (χ4v) is 3.70. The van der Waals surface area contributed by atoms with Crippen LogP contribution in [0.5, 0.6) is 0 Å².